The van der Waals surface area contributed by atoms with Crippen LogP contribution in [0.3, 0.4) is 0 Å². The molecule has 2 aromatic heterocycles. The second-order valence-corrected chi connectivity index (χ2v) is 6.61. The standard InChI is InChI=1S/C18H18N2S.CH4/c1-2-17-19-16-7-5-6-13-8-9-14(20-10-3-4-11-20)12-15(13)18(16)21-17;/h3-4,8-12H,2,5-7H2,1H3;1H4. The Morgan fingerprint density at radius 2 is 2.00 bits per heavy atom. The number of nitrogens with zero attached hydrogens (tertiary/aromatic N) is 2. The van der Waals surface area contributed by atoms with Gasteiger partial charge in [0, 0.05) is 18.1 Å². The maximum Gasteiger partial charge on any atom is 0.0932 e. The summed E-state index contributed by atoms with van der Waals surface area (Å²) < 4.78 is 2.17. The minimum Gasteiger partial charge on any atom is -0.324 e. The number of hydrogen-bond acceptors (Lipinski definition) is 2. The minimum atomic E-state index is 0. The van der Waals surface area contributed by atoms with Crippen molar-refractivity contribution < 1.29 is 0 Å². The smallest absolute Gasteiger partial charge is 0.0932 e. The highest BCUT2D eigenvalue weighted by atomic mass is 32.1. The Balaban J connectivity index is 0.00000144. The summed E-state index contributed by atoms with van der Waals surface area (Å²) in [5.74, 6) is 0. The van der Waals surface area contributed by atoms with E-state index < -0.39 is 0 Å². The second-order valence-electron chi connectivity index (χ2n) is 5.52. The van der Waals surface area contributed by atoms with Crippen molar-refractivity contribution in [3.63, 3.8) is 0 Å². The summed E-state index contributed by atoms with van der Waals surface area (Å²) in [6, 6.07) is 11.0. The second kappa shape index (κ2) is 6.09. The fourth-order valence-corrected chi connectivity index (χ4v) is 4.14. The van der Waals surface area contributed by atoms with Gasteiger partial charge in [0.25, 0.3) is 0 Å². The average molecular weight is 310 g/mol. The van der Waals surface area contributed by atoms with Gasteiger partial charge in [0.2, 0.25) is 0 Å². The quantitative estimate of drug-likeness (QED) is 0.629. The van der Waals surface area contributed by atoms with E-state index in [1.54, 1.807) is 0 Å². The third-order valence-corrected chi connectivity index (χ3v) is 5.42. The van der Waals surface area contributed by atoms with E-state index in [0.717, 1.165) is 19.3 Å². The number of benzene rings is 1. The Hall–Kier alpha value is -1.87. The van der Waals surface area contributed by atoms with Crippen LogP contribution in [0, 0.1) is 0 Å². The first-order valence-electron chi connectivity index (χ1n) is 7.60. The largest absolute Gasteiger partial charge is 0.324 e. The number of aryl methyl sites for hydroxylation is 3. The number of fused-ring (bicyclic) bond motifs is 3. The SMILES string of the molecule is C.CCc1nc2c(s1)-c1cc(-n3cccc3)ccc1CCC2. The number of rotatable bonds is 2. The normalized spacial score (nSPS) is 13.0. The predicted octanol–water partition coefficient (Wildman–Crippen LogP) is 5.29. The van der Waals surface area contributed by atoms with Gasteiger partial charge in [0.1, 0.15) is 0 Å². The van der Waals surface area contributed by atoms with Gasteiger partial charge in [0.05, 0.1) is 15.6 Å². The van der Waals surface area contributed by atoms with Crippen LogP contribution in [-0.2, 0) is 19.3 Å². The number of aromatic nitrogens is 2. The third-order valence-electron chi connectivity index (χ3n) is 4.14. The first-order chi connectivity index (χ1) is 10.3. The zero-order valence-electron chi connectivity index (χ0n) is 12.2. The molecule has 1 aromatic carbocycles. The zero-order valence-corrected chi connectivity index (χ0v) is 13.0. The van der Waals surface area contributed by atoms with Crippen LogP contribution in [0.15, 0.2) is 42.7 Å². The minimum absolute atomic E-state index is 0. The van der Waals surface area contributed by atoms with E-state index in [2.05, 4.69) is 54.2 Å². The lowest BCUT2D eigenvalue weighted by atomic mass is 10.0. The molecule has 0 bridgehead atoms. The summed E-state index contributed by atoms with van der Waals surface area (Å²) in [4.78, 5) is 6.23. The van der Waals surface area contributed by atoms with Crippen molar-refractivity contribution in [2.24, 2.45) is 0 Å². The van der Waals surface area contributed by atoms with Crippen LogP contribution in [0.2, 0.25) is 0 Å². The highest BCUT2D eigenvalue weighted by molar-refractivity contribution is 7.15. The van der Waals surface area contributed by atoms with Crippen LogP contribution in [0.4, 0.5) is 0 Å². The fraction of sp³-hybridized carbons (Fsp3) is 0.316. The van der Waals surface area contributed by atoms with Crippen molar-refractivity contribution in [1.82, 2.24) is 9.55 Å². The van der Waals surface area contributed by atoms with Gasteiger partial charge in [0.15, 0.2) is 0 Å². The van der Waals surface area contributed by atoms with Gasteiger partial charge in [-0.25, -0.2) is 4.98 Å². The molecule has 3 aromatic rings. The van der Waals surface area contributed by atoms with E-state index in [4.69, 9.17) is 4.98 Å². The predicted molar refractivity (Wildman–Crippen MR) is 95.0 cm³/mol. The van der Waals surface area contributed by atoms with Gasteiger partial charge < -0.3 is 4.57 Å². The molecule has 2 nitrogen and oxygen atoms in total. The van der Waals surface area contributed by atoms with Gasteiger partial charge in [-0.2, -0.15) is 0 Å². The number of hydrogen-bond donors (Lipinski definition) is 0. The summed E-state index contributed by atoms with van der Waals surface area (Å²) in [5, 5.41) is 1.26. The number of thiazole rings is 1. The fourth-order valence-electron chi connectivity index (χ4n) is 3.04. The van der Waals surface area contributed by atoms with Gasteiger partial charge >= 0.3 is 0 Å². The van der Waals surface area contributed by atoms with E-state index in [9.17, 15) is 0 Å². The van der Waals surface area contributed by atoms with Gasteiger partial charge in [-0.3, -0.25) is 0 Å². The molecule has 114 valence electrons. The Labute approximate surface area is 136 Å². The molecule has 2 heterocycles. The molecule has 3 heteroatoms. The topological polar surface area (TPSA) is 17.8 Å². The average Bonchev–Trinajstić information content (AvgIpc) is 3.14. The highest BCUT2D eigenvalue weighted by Crippen LogP contribution is 2.38. The monoisotopic (exact) mass is 310 g/mol. The van der Waals surface area contributed by atoms with E-state index in [0.29, 0.717) is 0 Å². The molecule has 0 saturated heterocycles. The lowest BCUT2D eigenvalue weighted by molar-refractivity contribution is 0.812. The molecule has 0 atom stereocenters. The summed E-state index contributed by atoms with van der Waals surface area (Å²) in [6.45, 7) is 2.19. The van der Waals surface area contributed by atoms with Gasteiger partial charge in [-0.1, -0.05) is 20.4 Å². The summed E-state index contributed by atoms with van der Waals surface area (Å²) in [7, 11) is 0. The van der Waals surface area contributed by atoms with E-state index in [1.165, 1.54) is 38.8 Å². The molecule has 0 aliphatic heterocycles. The lowest BCUT2D eigenvalue weighted by Crippen LogP contribution is -1.93. The first kappa shape index (κ1) is 15.0. The maximum absolute atomic E-state index is 4.83. The molecule has 0 saturated carbocycles. The molecule has 4 rings (SSSR count). The molecule has 0 spiro atoms. The Morgan fingerprint density at radius 3 is 2.77 bits per heavy atom. The van der Waals surface area contributed by atoms with Gasteiger partial charge in [-0.05, 0) is 61.1 Å². The Kier molecular flexibility index (Phi) is 4.16. The van der Waals surface area contributed by atoms with Crippen molar-refractivity contribution in [2.75, 3.05) is 0 Å². The summed E-state index contributed by atoms with van der Waals surface area (Å²) in [6.07, 6.45) is 8.71. The molecule has 22 heavy (non-hydrogen) atoms. The van der Waals surface area contributed by atoms with Crippen molar-refractivity contribution in [3.8, 4) is 16.1 Å². The molecule has 0 N–H and O–H groups in total. The van der Waals surface area contributed by atoms with Crippen LogP contribution in [0.1, 0.15) is 37.0 Å². The van der Waals surface area contributed by atoms with E-state index >= 15 is 0 Å². The van der Waals surface area contributed by atoms with Crippen LogP contribution in [0.25, 0.3) is 16.1 Å². The van der Waals surface area contributed by atoms with Crippen molar-refractivity contribution in [2.45, 2.75) is 40.0 Å². The van der Waals surface area contributed by atoms with Crippen molar-refractivity contribution in [1.29, 1.82) is 0 Å². The van der Waals surface area contributed by atoms with Crippen molar-refractivity contribution in [3.05, 3.63) is 59.0 Å². The first-order valence-corrected chi connectivity index (χ1v) is 8.42. The Morgan fingerprint density at radius 1 is 1.18 bits per heavy atom. The molecule has 0 unspecified atom stereocenters. The summed E-state index contributed by atoms with van der Waals surface area (Å²) in [5.41, 5.74) is 5.40. The van der Waals surface area contributed by atoms with Crippen LogP contribution >= 0.6 is 11.3 Å². The zero-order chi connectivity index (χ0) is 14.2. The van der Waals surface area contributed by atoms with Crippen LogP contribution < -0.4 is 0 Å². The lowest BCUT2D eigenvalue weighted by Gasteiger charge is -2.10. The van der Waals surface area contributed by atoms with Gasteiger partial charge in [-0.15, -0.1) is 11.3 Å². The summed E-state index contributed by atoms with van der Waals surface area (Å²) >= 11 is 1.88. The molecule has 0 amide bonds. The molecule has 0 radical (unpaired) electrons. The van der Waals surface area contributed by atoms with Crippen LogP contribution in [0.5, 0.6) is 0 Å². The van der Waals surface area contributed by atoms with E-state index in [-0.39, 0.29) is 7.43 Å². The molecular formula is C19H22N2S. The molecule has 1 aliphatic carbocycles. The molecular weight excluding hydrogens is 288 g/mol. The van der Waals surface area contributed by atoms with Crippen LogP contribution in [-0.4, -0.2) is 9.55 Å². The third kappa shape index (κ3) is 2.50. The molecule has 0 fully saturated rings. The van der Waals surface area contributed by atoms with Crippen molar-refractivity contribution >= 4 is 11.3 Å². The Bertz CT molecular complexity index is 769. The molecule has 1 aliphatic rings. The van der Waals surface area contributed by atoms with E-state index in [1.807, 2.05) is 11.3 Å². The highest BCUT2D eigenvalue weighted by Gasteiger charge is 2.19. The maximum atomic E-state index is 4.83.